The van der Waals surface area contributed by atoms with Crippen LogP contribution < -0.4 is 9.47 Å². The molecule has 0 saturated heterocycles. The SMILES string of the molecule is C/C=C/[C@@H]1CC[C@H]2c3ccc(OCC)c(F)c3OC2C1. The molecule has 1 heterocycles. The molecule has 0 bridgehead atoms. The second-order valence-corrected chi connectivity index (χ2v) is 5.59. The first-order valence-electron chi connectivity index (χ1n) is 7.49. The molecule has 0 radical (unpaired) electrons. The van der Waals surface area contributed by atoms with Gasteiger partial charge >= 0.3 is 0 Å². The molecule has 1 aliphatic carbocycles. The van der Waals surface area contributed by atoms with E-state index in [0.717, 1.165) is 24.8 Å². The fourth-order valence-electron chi connectivity index (χ4n) is 3.48. The molecule has 0 N–H and O–H groups in total. The van der Waals surface area contributed by atoms with Gasteiger partial charge in [-0.3, -0.25) is 0 Å². The van der Waals surface area contributed by atoms with Crippen LogP contribution in [-0.4, -0.2) is 12.7 Å². The highest BCUT2D eigenvalue weighted by Gasteiger charge is 2.40. The van der Waals surface area contributed by atoms with Crippen LogP contribution in [0, 0.1) is 11.7 Å². The number of benzene rings is 1. The standard InChI is InChI=1S/C17H21FO2/c1-3-5-11-6-7-12-13-8-9-14(19-4-2)16(18)17(13)20-15(12)10-11/h3,5,8-9,11-12,15H,4,6-7,10H2,1-2H3/b5-3+/t11-,12+,15?/m1/s1. The first-order chi connectivity index (χ1) is 9.74. The largest absolute Gasteiger partial charge is 0.491 e. The smallest absolute Gasteiger partial charge is 0.207 e. The van der Waals surface area contributed by atoms with E-state index in [0.29, 0.717) is 29.9 Å². The Kier molecular flexibility index (Phi) is 3.68. The van der Waals surface area contributed by atoms with E-state index in [9.17, 15) is 4.39 Å². The van der Waals surface area contributed by atoms with Gasteiger partial charge in [0, 0.05) is 11.5 Å². The fraction of sp³-hybridized carbons (Fsp3) is 0.529. The van der Waals surface area contributed by atoms with Crippen molar-refractivity contribution < 1.29 is 13.9 Å². The van der Waals surface area contributed by atoms with Gasteiger partial charge in [-0.15, -0.1) is 0 Å². The Balaban J connectivity index is 1.86. The Hall–Kier alpha value is -1.51. The summed E-state index contributed by atoms with van der Waals surface area (Å²) in [5.74, 6) is 1.30. The number of rotatable bonds is 3. The molecule has 1 aromatic carbocycles. The summed E-state index contributed by atoms with van der Waals surface area (Å²) in [6.07, 6.45) is 7.66. The summed E-state index contributed by atoms with van der Waals surface area (Å²) in [5, 5.41) is 0. The molecule has 3 atom stereocenters. The highest BCUT2D eigenvalue weighted by molar-refractivity contribution is 5.48. The van der Waals surface area contributed by atoms with Crippen molar-refractivity contribution in [1.82, 2.24) is 0 Å². The van der Waals surface area contributed by atoms with Gasteiger partial charge < -0.3 is 9.47 Å². The molecule has 2 nitrogen and oxygen atoms in total. The van der Waals surface area contributed by atoms with Crippen molar-refractivity contribution in [2.45, 2.75) is 45.1 Å². The molecule has 1 aromatic rings. The molecule has 1 saturated carbocycles. The van der Waals surface area contributed by atoms with Gasteiger partial charge in [-0.25, -0.2) is 0 Å². The summed E-state index contributed by atoms with van der Waals surface area (Å²) in [6.45, 7) is 4.37. The van der Waals surface area contributed by atoms with Crippen molar-refractivity contribution >= 4 is 0 Å². The average molecular weight is 276 g/mol. The molecule has 0 spiro atoms. The van der Waals surface area contributed by atoms with Crippen LogP contribution in [-0.2, 0) is 0 Å². The van der Waals surface area contributed by atoms with Gasteiger partial charge in [0.2, 0.25) is 5.82 Å². The van der Waals surface area contributed by atoms with Crippen LogP contribution in [0.2, 0.25) is 0 Å². The van der Waals surface area contributed by atoms with Crippen molar-refractivity contribution in [3.8, 4) is 11.5 Å². The van der Waals surface area contributed by atoms with Crippen LogP contribution in [0.15, 0.2) is 24.3 Å². The Morgan fingerprint density at radius 2 is 2.25 bits per heavy atom. The van der Waals surface area contributed by atoms with E-state index in [1.54, 1.807) is 6.07 Å². The predicted molar refractivity (Wildman–Crippen MR) is 76.9 cm³/mol. The minimum atomic E-state index is -0.332. The zero-order valence-electron chi connectivity index (χ0n) is 12.1. The molecular formula is C17H21FO2. The van der Waals surface area contributed by atoms with Gasteiger partial charge in [-0.05, 0) is 45.1 Å². The van der Waals surface area contributed by atoms with Crippen LogP contribution in [0.25, 0.3) is 0 Å². The average Bonchev–Trinajstić information content (AvgIpc) is 2.81. The van der Waals surface area contributed by atoms with Crippen LogP contribution in [0.4, 0.5) is 4.39 Å². The molecule has 108 valence electrons. The quantitative estimate of drug-likeness (QED) is 0.760. The Labute approximate surface area is 119 Å². The highest BCUT2D eigenvalue weighted by atomic mass is 19.1. The van der Waals surface area contributed by atoms with E-state index in [1.165, 1.54) is 0 Å². The first kappa shape index (κ1) is 13.5. The predicted octanol–water partition coefficient (Wildman–Crippen LogP) is 4.45. The van der Waals surface area contributed by atoms with Crippen molar-refractivity contribution in [3.63, 3.8) is 0 Å². The normalized spacial score (nSPS) is 28.1. The maximum atomic E-state index is 14.4. The lowest BCUT2D eigenvalue weighted by atomic mass is 9.78. The zero-order chi connectivity index (χ0) is 14.1. The van der Waals surface area contributed by atoms with E-state index in [1.807, 2.05) is 19.9 Å². The van der Waals surface area contributed by atoms with E-state index < -0.39 is 0 Å². The van der Waals surface area contributed by atoms with Crippen LogP contribution >= 0.6 is 0 Å². The third-order valence-electron chi connectivity index (χ3n) is 4.36. The zero-order valence-corrected chi connectivity index (χ0v) is 12.1. The Morgan fingerprint density at radius 1 is 1.40 bits per heavy atom. The molecular weight excluding hydrogens is 255 g/mol. The summed E-state index contributed by atoms with van der Waals surface area (Å²) in [6, 6.07) is 3.71. The molecule has 20 heavy (non-hydrogen) atoms. The summed E-state index contributed by atoms with van der Waals surface area (Å²) in [5.41, 5.74) is 1.02. The molecule has 1 unspecified atom stereocenters. The third-order valence-corrected chi connectivity index (χ3v) is 4.36. The van der Waals surface area contributed by atoms with Crippen molar-refractivity contribution in [3.05, 3.63) is 35.7 Å². The number of ether oxygens (including phenoxy) is 2. The van der Waals surface area contributed by atoms with Gasteiger partial charge in [-0.1, -0.05) is 18.2 Å². The molecule has 3 heteroatoms. The summed E-state index contributed by atoms with van der Waals surface area (Å²) < 4.78 is 25.6. The van der Waals surface area contributed by atoms with Crippen molar-refractivity contribution in [2.75, 3.05) is 6.61 Å². The number of fused-ring (bicyclic) bond motifs is 3. The number of allylic oxidation sites excluding steroid dienone is 2. The third kappa shape index (κ3) is 2.19. The molecule has 0 aromatic heterocycles. The topological polar surface area (TPSA) is 18.5 Å². The monoisotopic (exact) mass is 276 g/mol. The number of hydrogen-bond acceptors (Lipinski definition) is 2. The summed E-state index contributed by atoms with van der Waals surface area (Å²) in [4.78, 5) is 0. The Morgan fingerprint density at radius 3 is 3.00 bits per heavy atom. The lowest BCUT2D eigenvalue weighted by Crippen LogP contribution is -2.27. The van der Waals surface area contributed by atoms with Crippen LogP contribution in [0.1, 0.15) is 44.6 Å². The van der Waals surface area contributed by atoms with Gasteiger partial charge in [0.25, 0.3) is 0 Å². The molecule has 2 aliphatic rings. The maximum Gasteiger partial charge on any atom is 0.207 e. The molecule has 3 rings (SSSR count). The lowest BCUT2D eigenvalue weighted by molar-refractivity contribution is 0.139. The minimum Gasteiger partial charge on any atom is -0.491 e. The minimum absolute atomic E-state index is 0.117. The van der Waals surface area contributed by atoms with Crippen LogP contribution in [0.5, 0.6) is 11.5 Å². The van der Waals surface area contributed by atoms with Gasteiger partial charge in [0.1, 0.15) is 6.10 Å². The second-order valence-electron chi connectivity index (χ2n) is 5.59. The van der Waals surface area contributed by atoms with Crippen molar-refractivity contribution in [1.29, 1.82) is 0 Å². The van der Waals surface area contributed by atoms with Gasteiger partial charge in [0.05, 0.1) is 6.61 Å². The van der Waals surface area contributed by atoms with E-state index in [-0.39, 0.29) is 11.9 Å². The maximum absolute atomic E-state index is 14.4. The van der Waals surface area contributed by atoms with Crippen molar-refractivity contribution in [2.24, 2.45) is 5.92 Å². The lowest BCUT2D eigenvalue weighted by Gasteiger charge is -2.29. The van der Waals surface area contributed by atoms with Crippen LogP contribution in [0.3, 0.4) is 0 Å². The van der Waals surface area contributed by atoms with E-state index in [4.69, 9.17) is 9.47 Å². The Bertz CT molecular complexity index is 524. The number of halogens is 1. The molecule has 1 aliphatic heterocycles. The second kappa shape index (κ2) is 5.47. The highest BCUT2D eigenvalue weighted by Crippen LogP contribution is 2.49. The van der Waals surface area contributed by atoms with E-state index >= 15 is 0 Å². The van der Waals surface area contributed by atoms with Gasteiger partial charge in [-0.2, -0.15) is 4.39 Å². The first-order valence-corrected chi connectivity index (χ1v) is 7.49. The fourth-order valence-corrected chi connectivity index (χ4v) is 3.48. The molecule has 1 fully saturated rings. The van der Waals surface area contributed by atoms with E-state index in [2.05, 4.69) is 12.2 Å². The summed E-state index contributed by atoms with van der Waals surface area (Å²) in [7, 11) is 0. The molecule has 0 amide bonds. The van der Waals surface area contributed by atoms with Gasteiger partial charge in [0.15, 0.2) is 11.5 Å². The number of hydrogen-bond donors (Lipinski definition) is 0. The summed E-state index contributed by atoms with van der Waals surface area (Å²) >= 11 is 0.